The van der Waals surface area contributed by atoms with Crippen molar-refractivity contribution < 1.29 is 14.1 Å². The standard InChI is InChI=1S/C16H25NO3S/c1-6-17(11-16(4,5)19)15(18)13-7-9-14(10-8-13)21(20)12(2)3/h7-10,12,19H,6,11H2,1-5H3. The van der Waals surface area contributed by atoms with Crippen molar-refractivity contribution in [2.45, 2.75) is 50.4 Å². The Morgan fingerprint density at radius 1 is 1.29 bits per heavy atom. The molecule has 1 amide bonds. The van der Waals surface area contributed by atoms with Gasteiger partial charge in [0.15, 0.2) is 0 Å². The van der Waals surface area contributed by atoms with Gasteiger partial charge in [0.1, 0.15) is 0 Å². The topological polar surface area (TPSA) is 57.6 Å². The van der Waals surface area contributed by atoms with Crippen molar-refractivity contribution in [2.24, 2.45) is 0 Å². The van der Waals surface area contributed by atoms with E-state index in [9.17, 15) is 14.1 Å². The van der Waals surface area contributed by atoms with Crippen molar-refractivity contribution >= 4 is 16.7 Å². The van der Waals surface area contributed by atoms with Crippen LogP contribution in [-0.2, 0) is 10.8 Å². The molecule has 0 heterocycles. The maximum atomic E-state index is 12.4. The van der Waals surface area contributed by atoms with Crippen LogP contribution >= 0.6 is 0 Å². The summed E-state index contributed by atoms with van der Waals surface area (Å²) in [5.41, 5.74) is -0.379. The summed E-state index contributed by atoms with van der Waals surface area (Å²) in [6.07, 6.45) is 0. The Balaban J connectivity index is 2.90. The molecule has 4 nitrogen and oxygen atoms in total. The Hall–Kier alpha value is -1.20. The number of hydrogen-bond donors (Lipinski definition) is 1. The third kappa shape index (κ3) is 5.25. The number of carbonyl (C=O) groups is 1. The second-order valence-corrected chi connectivity index (χ2v) is 8.01. The molecule has 0 radical (unpaired) electrons. The molecule has 1 atom stereocenters. The van der Waals surface area contributed by atoms with Crippen molar-refractivity contribution in [3.8, 4) is 0 Å². The molecule has 5 heteroatoms. The van der Waals surface area contributed by atoms with Gasteiger partial charge in [0.05, 0.1) is 16.4 Å². The fourth-order valence-electron chi connectivity index (χ4n) is 1.98. The number of carbonyl (C=O) groups excluding carboxylic acids is 1. The number of aliphatic hydroxyl groups is 1. The van der Waals surface area contributed by atoms with Crippen LogP contribution in [0.15, 0.2) is 29.2 Å². The number of amides is 1. The van der Waals surface area contributed by atoms with E-state index in [1.54, 1.807) is 43.0 Å². The highest BCUT2D eigenvalue weighted by atomic mass is 32.2. The van der Waals surface area contributed by atoms with Crippen molar-refractivity contribution in [3.63, 3.8) is 0 Å². The van der Waals surface area contributed by atoms with Gasteiger partial charge < -0.3 is 10.0 Å². The quantitative estimate of drug-likeness (QED) is 0.878. The zero-order valence-electron chi connectivity index (χ0n) is 13.4. The van der Waals surface area contributed by atoms with Gasteiger partial charge in [0.25, 0.3) is 5.91 Å². The number of likely N-dealkylation sites (N-methyl/N-ethyl adjacent to an activating group) is 1. The van der Waals surface area contributed by atoms with Crippen molar-refractivity contribution in [1.82, 2.24) is 4.90 Å². The molecule has 1 rings (SSSR count). The zero-order valence-corrected chi connectivity index (χ0v) is 14.2. The Bertz CT molecular complexity index is 503. The molecule has 21 heavy (non-hydrogen) atoms. The van der Waals surface area contributed by atoms with Crippen LogP contribution < -0.4 is 0 Å². The van der Waals surface area contributed by atoms with E-state index in [1.165, 1.54) is 0 Å². The van der Waals surface area contributed by atoms with Gasteiger partial charge in [0.2, 0.25) is 0 Å². The molecule has 1 aromatic carbocycles. The maximum Gasteiger partial charge on any atom is 0.253 e. The predicted octanol–water partition coefficient (Wildman–Crippen LogP) is 2.44. The third-order valence-corrected chi connectivity index (χ3v) is 4.60. The van der Waals surface area contributed by atoms with Crippen LogP contribution in [0.1, 0.15) is 45.0 Å². The summed E-state index contributed by atoms with van der Waals surface area (Å²) in [6.45, 7) is 9.85. The molecule has 0 aromatic heterocycles. The van der Waals surface area contributed by atoms with Crippen molar-refractivity contribution in [3.05, 3.63) is 29.8 Å². The molecule has 0 spiro atoms. The minimum absolute atomic E-state index is 0.0499. The van der Waals surface area contributed by atoms with E-state index < -0.39 is 16.4 Å². The second-order valence-electron chi connectivity index (χ2n) is 6.00. The van der Waals surface area contributed by atoms with E-state index >= 15 is 0 Å². The summed E-state index contributed by atoms with van der Waals surface area (Å²) < 4.78 is 12.0. The van der Waals surface area contributed by atoms with E-state index in [4.69, 9.17) is 0 Å². The Morgan fingerprint density at radius 3 is 2.19 bits per heavy atom. The lowest BCUT2D eigenvalue weighted by Crippen LogP contribution is -2.42. The molecule has 0 saturated heterocycles. The Labute approximate surface area is 129 Å². The average molecular weight is 311 g/mol. The molecular weight excluding hydrogens is 286 g/mol. The van der Waals surface area contributed by atoms with E-state index in [-0.39, 0.29) is 17.7 Å². The summed E-state index contributed by atoms with van der Waals surface area (Å²) in [5, 5.41) is 9.91. The van der Waals surface area contributed by atoms with Crippen molar-refractivity contribution in [1.29, 1.82) is 0 Å². The van der Waals surface area contributed by atoms with Gasteiger partial charge >= 0.3 is 0 Å². The first kappa shape index (κ1) is 17.9. The van der Waals surface area contributed by atoms with Crippen LogP contribution in [0.2, 0.25) is 0 Å². The third-order valence-electron chi connectivity index (χ3n) is 3.01. The molecular formula is C16H25NO3S. The van der Waals surface area contributed by atoms with Crippen LogP contribution in [-0.4, -0.2) is 44.1 Å². The average Bonchev–Trinajstić information content (AvgIpc) is 2.42. The first-order valence-corrected chi connectivity index (χ1v) is 8.39. The van der Waals surface area contributed by atoms with Gasteiger partial charge in [-0.2, -0.15) is 0 Å². The maximum absolute atomic E-state index is 12.4. The summed E-state index contributed by atoms with van der Waals surface area (Å²) in [5.74, 6) is -0.124. The molecule has 0 bridgehead atoms. The van der Waals surface area contributed by atoms with Gasteiger partial charge in [-0.15, -0.1) is 0 Å². The number of benzene rings is 1. The second kappa shape index (κ2) is 7.18. The first-order valence-electron chi connectivity index (χ1n) is 7.18. The lowest BCUT2D eigenvalue weighted by Gasteiger charge is -2.28. The molecule has 0 aliphatic carbocycles. The number of rotatable bonds is 6. The minimum Gasteiger partial charge on any atom is -0.389 e. The highest BCUT2D eigenvalue weighted by Gasteiger charge is 2.22. The molecule has 1 aromatic rings. The lowest BCUT2D eigenvalue weighted by molar-refractivity contribution is 0.0314. The molecule has 118 valence electrons. The van der Waals surface area contributed by atoms with E-state index in [2.05, 4.69) is 0 Å². The number of nitrogens with zero attached hydrogens (tertiary/aromatic N) is 1. The summed E-state index contributed by atoms with van der Waals surface area (Å²) in [7, 11) is -1.05. The smallest absolute Gasteiger partial charge is 0.253 e. The molecule has 0 saturated carbocycles. The van der Waals surface area contributed by atoms with E-state index in [0.717, 1.165) is 4.90 Å². The van der Waals surface area contributed by atoms with Crippen molar-refractivity contribution in [2.75, 3.05) is 13.1 Å². The SMILES string of the molecule is CCN(CC(C)(C)O)C(=O)c1ccc(S(=O)C(C)C)cc1. The van der Waals surface area contributed by atoms with Gasteiger partial charge in [-0.1, -0.05) is 13.8 Å². The Kier molecular flexibility index (Phi) is 6.10. The van der Waals surface area contributed by atoms with Gasteiger partial charge in [-0.25, -0.2) is 0 Å². The normalized spacial score (nSPS) is 13.3. The van der Waals surface area contributed by atoms with E-state index in [1.807, 2.05) is 20.8 Å². The van der Waals surface area contributed by atoms with E-state index in [0.29, 0.717) is 12.1 Å². The molecule has 0 aliphatic rings. The molecule has 1 N–H and O–H groups in total. The Morgan fingerprint density at radius 2 is 1.81 bits per heavy atom. The highest BCUT2D eigenvalue weighted by molar-refractivity contribution is 7.85. The summed E-state index contributed by atoms with van der Waals surface area (Å²) in [4.78, 5) is 14.7. The van der Waals surface area contributed by atoms with Crippen LogP contribution in [0, 0.1) is 0 Å². The van der Waals surface area contributed by atoms with Crippen LogP contribution in [0.5, 0.6) is 0 Å². The predicted molar refractivity (Wildman–Crippen MR) is 85.9 cm³/mol. The van der Waals surface area contributed by atoms with Crippen LogP contribution in [0.4, 0.5) is 0 Å². The first-order chi connectivity index (χ1) is 9.65. The van der Waals surface area contributed by atoms with Crippen LogP contribution in [0.3, 0.4) is 0 Å². The molecule has 0 aliphatic heterocycles. The van der Waals surface area contributed by atoms with Crippen LogP contribution in [0.25, 0.3) is 0 Å². The van der Waals surface area contributed by atoms with Gasteiger partial charge in [-0.3, -0.25) is 9.00 Å². The monoisotopic (exact) mass is 311 g/mol. The minimum atomic E-state index is -1.05. The highest BCUT2D eigenvalue weighted by Crippen LogP contribution is 2.15. The van der Waals surface area contributed by atoms with Gasteiger partial charge in [-0.05, 0) is 45.0 Å². The fraction of sp³-hybridized carbons (Fsp3) is 0.562. The molecule has 1 unspecified atom stereocenters. The zero-order chi connectivity index (χ0) is 16.2. The van der Waals surface area contributed by atoms with Gasteiger partial charge in [0, 0.05) is 28.8 Å². The lowest BCUT2D eigenvalue weighted by atomic mass is 10.1. The summed E-state index contributed by atoms with van der Waals surface area (Å²) in [6, 6.07) is 6.87. The number of hydrogen-bond acceptors (Lipinski definition) is 3. The summed E-state index contributed by atoms with van der Waals surface area (Å²) >= 11 is 0. The fourth-order valence-corrected chi connectivity index (χ4v) is 2.93. The largest absolute Gasteiger partial charge is 0.389 e. The molecule has 0 fully saturated rings.